The zero-order valence-electron chi connectivity index (χ0n) is 39.1. The molecule has 64 heavy (non-hydrogen) atoms. The van der Waals surface area contributed by atoms with Gasteiger partial charge in [-0.15, -0.1) is 0 Å². The topological polar surface area (TPSA) is 217 Å². The number of phenolic OH excluding ortho intramolecular Hbond substituents is 1. The number of aliphatic imine (C=N–C) groups is 1. The van der Waals surface area contributed by atoms with Crippen LogP contribution in [0.15, 0.2) is 52.5 Å². The minimum Gasteiger partial charge on any atom is -0.507 e. The van der Waals surface area contributed by atoms with Gasteiger partial charge in [0, 0.05) is 106 Å². The third-order valence-electron chi connectivity index (χ3n) is 13.7. The van der Waals surface area contributed by atoms with Crippen molar-refractivity contribution in [2.24, 2.45) is 34.6 Å². The number of hydrogen-bond acceptors (Lipinski definition) is 14. The first kappa shape index (κ1) is 48.6. The van der Waals surface area contributed by atoms with E-state index in [4.69, 9.17) is 23.9 Å². The SMILES string of the molecule is CO[C@H]1/C=C/O[C@@]2(C)Oc3c(C)c(O)c4c(c3C2O)C2=NC3(CCN(CC(C)C)CC3)N(C(C)=O)C2=C(NC(=O)/C(C)=C\C=C\[C@H](C)[C@H](O)[C@@H](C)[C@@H](O)[C@@H](C)[C@H](OC(C)=O)[C@@H]1C)C4=O. The van der Waals surface area contributed by atoms with Crippen LogP contribution in [-0.2, 0) is 28.6 Å². The van der Waals surface area contributed by atoms with Gasteiger partial charge in [0.25, 0.3) is 11.7 Å². The van der Waals surface area contributed by atoms with Gasteiger partial charge in [0.1, 0.15) is 29.0 Å². The van der Waals surface area contributed by atoms with Crippen molar-refractivity contribution in [2.45, 2.75) is 131 Å². The summed E-state index contributed by atoms with van der Waals surface area (Å²) in [6, 6.07) is 0. The number of nitrogens with zero attached hydrogens (tertiary/aromatic N) is 3. The van der Waals surface area contributed by atoms with E-state index >= 15 is 4.79 Å². The Morgan fingerprint density at radius 3 is 2.23 bits per heavy atom. The minimum atomic E-state index is -1.85. The maximum Gasteiger partial charge on any atom is 0.302 e. The van der Waals surface area contributed by atoms with Crippen LogP contribution in [0, 0.1) is 36.5 Å². The van der Waals surface area contributed by atoms with Crippen molar-refractivity contribution < 1.29 is 58.6 Å². The summed E-state index contributed by atoms with van der Waals surface area (Å²) in [4.78, 5) is 64.6. The maximum atomic E-state index is 15.0. The number of fused-ring (bicyclic) bond motifs is 3. The molecule has 4 aliphatic heterocycles. The zero-order chi connectivity index (χ0) is 47.3. The molecule has 1 aromatic carbocycles. The second kappa shape index (κ2) is 18.6. The highest BCUT2D eigenvalue weighted by atomic mass is 16.7. The first-order chi connectivity index (χ1) is 30.0. The lowest BCUT2D eigenvalue weighted by Crippen LogP contribution is -2.54. The van der Waals surface area contributed by atoms with E-state index in [9.17, 15) is 34.8 Å². The Bertz CT molecular complexity index is 2200. The molecule has 1 aromatic rings. The van der Waals surface area contributed by atoms with Crippen LogP contribution in [0.25, 0.3) is 0 Å². The number of phenols is 1. The van der Waals surface area contributed by atoms with Gasteiger partial charge in [-0.3, -0.25) is 29.1 Å². The highest BCUT2D eigenvalue weighted by Gasteiger charge is 2.57. The van der Waals surface area contributed by atoms with Crippen LogP contribution >= 0.6 is 0 Å². The standard InChI is InChI=1S/C48H66N4O12/c1-23(2)22-51-19-17-48(18-20-51)50-36-33-34-41(57)29(8)44-35(33)45(59)47(11,64-44)62-21-16-32(61-12)26(5)43(63-31(10)54)28(7)40(56)27(6)39(55)24(3)14-13-15-25(4)46(60)49-37(42(34)58)38(36)52(48)30(9)53/h13-16,21,23-24,26-28,32,39-40,43,45,55-57,59H,17-20,22H2,1-12H3,(H,49,60)/b14-13+,21-16+,25-15-/t24-,26+,27+,28+,32-,39-,40+,43+,45?,47-/m0/s1. The number of ketones is 1. The Kier molecular flexibility index (Phi) is 14.1. The molecule has 1 saturated heterocycles. The van der Waals surface area contributed by atoms with Crippen molar-refractivity contribution in [1.29, 1.82) is 0 Å². The fourth-order valence-electron chi connectivity index (χ4n) is 10.0. The van der Waals surface area contributed by atoms with Gasteiger partial charge < -0.3 is 49.6 Å². The number of piperidine rings is 1. The molecule has 4 heterocycles. The van der Waals surface area contributed by atoms with Crippen molar-refractivity contribution in [1.82, 2.24) is 15.1 Å². The van der Waals surface area contributed by atoms with Crippen molar-refractivity contribution >= 4 is 29.3 Å². The molecule has 350 valence electrons. The molecular formula is C48H66N4O12. The van der Waals surface area contributed by atoms with Crippen LogP contribution < -0.4 is 10.1 Å². The van der Waals surface area contributed by atoms with Crippen LogP contribution in [0.3, 0.4) is 0 Å². The summed E-state index contributed by atoms with van der Waals surface area (Å²) in [5.41, 5.74) is -0.951. The molecule has 5 bridgehead atoms. The molecule has 0 aromatic heterocycles. The normalized spacial score (nSPS) is 34.1. The number of nitrogens with one attached hydrogen (secondary N) is 1. The molecule has 5 N–H and O–H groups in total. The maximum absolute atomic E-state index is 15.0. The van der Waals surface area contributed by atoms with Gasteiger partial charge in [0.2, 0.25) is 11.7 Å². The number of Topliss-reactive ketones (excluding diaryl/α,β-unsaturated/α-hetero) is 1. The fourth-order valence-corrected chi connectivity index (χ4v) is 10.0. The number of hydrogen-bond donors (Lipinski definition) is 5. The molecule has 0 saturated carbocycles. The predicted molar refractivity (Wildman–Crippen MR) is 237 cm³/mol. The number of aromatic hydroxyl groups is 1. The number of allylic oxidation sites excluding steroid dienone is 4. The quantitative estimate of drug-likeness (QED) is 0.259. The molecule has 0 radical (unpaired) electrons. The fraction of sp³-hybridized carbons (Fsp3) is 0.604. The van der Waals surface area contributed by atoms with Gasteiger partial charge in [-0.2, -0.15) is 0 Å². The van der Waals surface area contributed by atoms with E-state index < -0.39 is 95.0 Å². The lowest BCUT2D eigenvalue weighted by molar-refractivity contribution is -0.181. The average Bonchev–Trinajstić information content (AvgIpc) is 3.71. The summed E-state index contributed by atoms with van der Waals surface area (Å²) in [5, 5.41) is 50.1. The van der Waals surface area contributed by atoms with E-state index in [1.807, 2.05) is 0 Å². The number of likely N-dealkylation sites (tertiary alicyclic amines) is 1. The molecule has 16 nitrogen and oxygen atoms in total. The van der Waals surface area contributed by atoms with Gasteiger partial charge in [-0.25, -0.2) is 0 Å². The third kappa shape index (κ3) is 8.66. The van der Waals surface area contributed by atoms with Crippen molar-refractivity contribution in [3.8, 4) is 11.5 Å². The van der Waals surface area contributed by atoms with Gasteiger partial charge in [-0.1, -0.05) is 59.8 Å². The van der Waals surface area contributed by atoms with Crippen molar-refractivity contribution in [3.63, 3.8) is 0 Å². The summed E-state index contributed by atoms with van der Waals surface area (Å²) >= 11 is 0. The number of esters is 1. The van der Waals surface area contributed by atoms with E-state index in [1.165, 1.54) is 52.0 Å². The van der Waals surface area contributed by atoms with Crippen LogP contribution in [-0.4, -0.2) is 122 Å². The highest BCUT2D eigenvalue weighted by molar-refractivity contribution is 6.32. The number of carbonyl (C=O) groups is 4. The van der Waals surface area contributed by atoms with E-state index in [2.05, 4.69) is 24.1 Å². The molecule has 10 atom stereocenters. The molecule has 1 spiro atoms. The average molecular weight is 891 g/mol. The van der Waals surface area contributed by atoms with Crippen LogP contribution in [0.5, 0.6) is 11.5 Å². The Labute approximate surface area is 375 Å². The van der Waals surface area contributed by atoms with E-state index in [-0.39, 0.29) is 50.7 Å². The molecular weight excluding hydrogens is 825 g/mol. The Morgan fingerprint density at radius 2 is 1.64 bits per heavy atom. The number of benzene rings is 1. The summed E-state index contributed by atoms with van der Waals surface area (Å²) in [7, 11) is 1.46. The zero-order valence-corrected chi connectivity index (χ0v) is 39.1. The first-order valence-corrected chi connectivity index (χ1v) is 22.3. The van der Waals surface area contributed by atoms with Gasteiger partial charge in [-0.05, 0) is 25.8 Å². The Balaban J connectivity index is 1.55. The van der Waals surface area contributed by atoms with Crippen LogP contribution in [0.2, 0.25) is 0 Å². The highest BCUT2D eigenvalue weighted by Crippen LogP contribution is 2.55. The van der Waals surface area contributed by atoms with Crippen LogP contribution in [0.4, 0.5) is 0 Å². The third-order valence-corrected chi connectivity index (χ3v) is 13.7. The number of rotatable bonds is 4. The van der Waals surface area contributed by atoms with E-state index in [1.54, 1.807) is 52.8 Å². The van der Waals surface area contributed by atoms with Gasteiger partial charge >= 0.3 is 5.97 Å². The molecule has 1 aliphatic carbocycles. The predicted octanol–water partition coefficient (Wildman–Crippen LogP) is 4.73. The summed E-state index contributed by atoms with van der Waals surface area (Å²) in [6.07, 6.45) is 3.02. The molecule has 16 heteroatoms. The summed E-state index contributed by atoms with van der Waals surface area (Å²) < 4.78 is 24.2. The largest absolute Gasteiger partial charge is 0.507 e. The van der Waals surface area contributed by atoms with E-state index in [0.29, 0.717) is 31.8 Å². The number of ether oxygens (including phenoxy) is 4. The second-order valence-electron chi connectivity index (χ2n) is 18.9. The van der Waals surface area contributed by atoms with Crippen LogP contribution in [0.1, 0.15) is 115 Å². The molecule has 1 unspecified atom stereocenters. The number of amides is 2. The van der Waals surface area contributed by atoms with E-state index in [0.717, 1.165) is 6.54 Å². The number of carbonyl (C=O) groups excluding carboxylic acids is 4. The van der Waals surface area contributed by atoms with Crippen molar-refractivity contribution in [3.05, 3.63) is 69.8 Å². The Morgan fingerprint density at radius 1 is 0.984 bits per heavy atom. The summed E-state index contributed by atoms with van der Waals surface area (Å²) in [5.74, 6) is -6.77. The molecule has 5 aliphatic rings. The Hall–Kier alpha value is -4.87. The minimum absolute atomic E-state index is 0.0540. The molecule has 6 rings (SSSR count). The number of aliphatic hydroxyl groups is 3. The first-order valence-electron chi connectivity index (χ1n) is 22.3. The second-order valence-corrected chi connectivity index (χ2v) is 18.9. The molecule has 2 amide bonds. The number of aliphatic hydroxyl groups excluding tert-OH is 3. The molecule has 1 fully saturated rings. The van der Waals surface area contributed by atoms with Gasteiger partial charge in [0.15, 0.2) is 6.10 Å². The lowest BCUT2D eigenvalue weighted by Gasteiger charge is -2.43. The monoisotopic (exact) mass is 890 g/mol. The lowest BCUT2D eigenvalue weighted by atomic mass is 9.78. The van der Waals surface area contributed by atoms with Gasteiger partial charge in [0.05, 0.1) is 41.5 Å². The smallest absolute Gasteiger partial charge is 0.302 e. The summed E-state index contributed by atoms with van der Waals surface area (Å²) in [6.45, 7) is 20.5. The van der Waals surface area contributed by atoms with Crippen molar-refractivity contribution in [2.75, 3.05) is 26.7 Å². The number of methoxy groups -OCH3 is 1.